The molecule has 0 aliphatic carbocycles. The molecular weight excluding hydrogens is 244 g/mol. The number of aryl methyl sites for hydroxylation is 1. The highest BCUT2D eigenvalue weighted by atomic mass is 79.9. The molecule has 13 heavy (non-hydrogen) atoms. The molecule has 0 bridgehead atoms. The van der Waals surface area contributed by atoms with E-state index in [9.17, 15) is 0 Å². The first-order valence-electron chi connectivity index (χ1n) is 4.07. The summed E-state index contributed by atoms with van der Waals surface area (Å²) in [5.41, 5.74) is 3.89. The minimum Gasteiger partial charge on any atom is -0.136 e. The molecule has 0 spiro atoms. The smallest absolute Gasteiger partial charge is 0.0704 e. The topological polar surface area (TPSA) is 0 Å². The van der Waals surface area contributed by atoms with Gasteiger partial charge in [0.1, 0.15) is 0 Å². The number of rotatable bonds is 1. The van der Waals surface area contributed by atoms with Gasteiger partial charge in [0.25, 0.3) is 0 Å². The minimum atomic E-state index is 1.18. The quantitative estimate of drug-likeness (QED) is 0.702. The van der Waals surface area contributed by atoms with Crippen molar-refractivity contribution >= 4 is 27.3 Å². The van der Waals surface area contributed by atoms with Crippen molar-refractivity contribution in [1.29, 1.82) is 0 Å². The highest BCUT2D eigenvalue weighted by Crippen LogP contribution is 2.29. The molecule has 0 fully saturated rings. The van der Waals surface area contributed by atoms with Crippen LogP contribution in [-0.2, 0) is 0 Å². The summed E-state index contributed by atoms with van der Waals surface area (Å²) in [6.45, 7) is 2.12. The zero-order valence-corrected chi connectivity index (χ0v) is 9.65. The third-order valence-electron chi connectivity index (χ3n) is 1.92. The van der Waals surface area contributed by atoms with Crippen molar-refractivity contribution in [2.45, 2.75) is 6.92 Å². The van der Waals surface area contributed by atoms with E-state index in [4.69, 9.17) is 0 Å². The number of thiophene rings is 1. The molecule has 66 valence electrons. The minimum absolute atomic E-state index is 1.18. The van der Waals surface area contributed by atoms with Gasteiger partial charge in [0.15, 0.2) is 0 Å². The van der Waals surface area contributed by atoms with E-state index in [0.29, 0.717) is 0 Å². The van der Waals surface area contributed by atoms with Gasteiger partial charge in [-0.05, 0) is 45.4 Å². The van der Waals surface area contributed by atoms with Crippen LogP contribution in [-0.4, -0.2) is 0 Å². The summed E-state index contributed by atoms with van der Waals surface area (Å²) in [5.74, 6) is 0. The van der Waals surface area contributed by atoms with Gasteiger partial charge in [-0.25, -0.2) is 0 Å². The summed E-state index contributed by atoms with van der Waals surface area (Å²) in [7, 11) is 0. The molecule has 2 rings (SSSR count). The Hall–Kier alpha value is -0.600. The first-order valence-corrected chi connectivity index (χ1v) is 5.74. The van der Waals surface area contributed by atoms with Gasteiger partial charge in [0.2, 0.25) is 0 Å². The summed E-state index contributed by atoms with van der Waals surface area (Å²) in [4.78, 5) is 0. The van der Waals surface area contributed by atoms with Gasteiger partial charge in [-0.3, -0.25) is 0 Å². The van der Waals surface area contributed by atoms with Crippen molar-refractivity contribution in [3.8, 4) is 11.1 Å². The second kappa shape index (κ2) is 3.64. The predicted octanol–water partition coefficient (Wildman–Crippen LogP) is 4.49. The third-order valence-corrected chi connectivity index (χ3v) is 3.42. The van der Waals surface area contributed by atoms with Gasteiger partial charge < -0.3 is 0 Å². The standard InChI is InChI=1S/C11H9BrS/c1-8-3-2-4-9(5-8)10-6-11(12)13-7-10/h2-7H,1H3. The summed E-state index contributed by atoms with van der Waals surface area (Å²) in [5, 5.41) is 2.17. The van der Waals surface area contributed by atoms with E-state index in [2.05, 4.69) is 58.6 Å². The first kappa shape index (κ1) is 8.97. The number of benzene rings is 1. The zero-order chi connectivity index (χ0) is 9.26. The fraction of sp³-hybridized carbons (Fsp3) is 0.0909. The van der Waals surface area contributed by atoms with Crippen LogP contribution in [0.4, 0.5) is 0 Å². The van der Waals surface area contributed by atoms with Crippen molar-refractivity contribution in [2.24, 2.45) is 0 Å². The van der Waals surface area contributed by atoms with Crippen LogP contribution in [0, 0.1) is 6.92 Å². The molecule has 0 saturated heterocycles. The van der Waals surface area contributed by atoms with E-state index in [1.807, 2.05) is 0 Å². The van der Waals surface area contributed by atoms with Crippen LogP contribution in [0.3, 0.4) is 0 Å². The molecular formula is C11H9BrS. The third kappa shape index (κ3) is 2.01. The zero-order valence-electron chi connectivity index (χ0n) is 7.25. The lowest BCUT2D eigenvalue weighted by Crippen LogP contribution is -1.74. The van der Waals surface area contributed by atoms with Gasteiger partial charge in [-0.15, -0.1) is 11.3 Å². The Labute approximate surface area is 90.4 Å². The van der Waals surface area contributed by atoms with E-state index in [0.717, 1.165) is 0 Å². The summed E-state index contributed by atoms with van der Waals surface area (Å²) >= 11 is 5.19. The lowest BCUT2D eigenvalue weighted by Gasteiger charge is -1.98. The Morgan fingerprint density at radius 1 is 1.15 bits per heavy atom. The number of hydrogen-bond donors (Lipinski definition) is 0. The Bertz CT molecular complexity index is 418. The summed E-state index contributed by atoms with van der Waals surface area (Å²) in [6, 6.07) is 10.7. The van der Waals surface area contributed by atoms with Gasteiger partial charge in [0, 0.05) is 0 Å². The molecule has 1 aromatic carbocycles. The molecule has 2 aromatic rings. The Balaban J connectivity index is 2.46. The predicted molar refractivity (Wildman–Crippen MR) is 62.2 cm³/mol. The normalized spacial score (nSPS) is 10.3. The molecule has 0 N–H and O–H groups in total. The Kier molecular flexibility index (Phi) is 2.51. The van der Waals surface area contributed by atoms with Crippen molar-refractivity contribution in [3.63, 3.8) is 0 Å². The Morgan fingerprint density at radius 3 is 2.62 bits per heavy atom. The second-order valence-corrected chi connectivity index (χ2v) is 5.30. The van der Waals surface area contributed by atoms with Crippen LogP contribution in [0.15, 0.2) is 39.5 Å². The first-order chi connectivity index (χ1) is 6.25. The van der Waals surface area contributed by atoms with Crippen molar-refractivity contribution in [2.75, 3.05) is 0 Å². The van der Waals surface area contributed by atoms with Crippen LogP contribution in [0.2, 0.25) is 0 Å². The van der Waals surface area contributed by atoms with Crippen molar-refractivity contribution in [1.82, 2.24) is 0 Å². The van der Waals surface area contributed by atoms with Crippen LogP contribution in [0.1, 0.15) is 5.56 Å². The molecule has 0 nitrogen and oxygen atoms in total. The van der Waals surface area contributed by atoms with E-state index in [-0.39, 0.29) is 0 Å². The average Bonchev–Trinajstić information content (AvgIpc) is 2.52. The maximum absolute atomic E-state index is 3.47. The SMILES string of the molecule is Cc1cccc(-c2csc(Br)c2)c1. The van der Waals surface area contributed by atoms with E-state index < -0.39 is 0 Å². The average molecular weight is 253 g/mol. The van der Waals surface area contributed by atoms with Gasteiger partial charge in [-0.1, -0.05) is 29.8 Å². The fourth-order valence-electron chi connectivity index (χ4n) is 1.29. The largest absolute Gasteiger partial charge is 0.136 e. The van der Waals surface area contributed by atoms with E-state index in [1.165, 1.54) is 20.5 Å². The van der Waals surface area contributed by atoms with Gasteiger partial charge in [-0.2, -0.15) is 0 Å². The molecule has 0 atom stereocenters. The lowest BCUT2D eigenvalue weighted by atomic mass is 10.1. The molecule has 0 unspecified atom stereocenters. The maximum Gasteiger partial charge on any atom is 0.0704 e. The van der Waals surface area contributed by atoms with Crippen molar-refractivity contribution < 1.29 is 0 Å². The summed E-state index contributed by atoms with van der Waals surface area (Å²) < 4.78 is 1.18. The second-order valence-electron chi connectivity index (χ2n) is 3.01. The summed E-state index contributed by atoms with van der Waals surface area (Å²) in [6.07, 6.45) is 0. The molecule has 1 aromatic heterocycles. The molecule has 0 aliphatic heterocycles. The van der Waals surface area contributed by atoms with Gasteiger partial charge >= 0.3 is 0 Å². The van der Waals surface area contributed by atoms with Crippen LogP contribution < -0.4 is 0 Å². The molecule has 2 heteroatoms. The Morgan fingerprint density at radius 2 is 2.00 bits per heavy atom. The molecule has 0 aliphatic rings. The monoisotopic (exact) mass is 252 g/mol. The molecule has 0 amide bonds. The molecule has 0 saturated carbocycles. The van der Waals surface area contributed by atoms with Crippen LogP contribution >= 0.6 is 27.3 Å². The van der Waals surface area contributed by atoms with Gasteiger partial charge in [0.05, 0.1) is 3.79 Å². The highest BCUT2D eigenvalue weighted by Gasteiger charge is 1.99. The van der Waals surface area contributed by atoms with E-state index >= 15 is 0 Å². The van der Waals surface area contributed by atoms with Crippen LogP contribution in [0.25, 0.3) is 11.1 Å². The molecule has 1 heterocycles. The highest BCUT2D eigenvalue weighted by molar-refractivity contribution is 9.11. The number of hydrogen-bond acceptors (Lipinski definition) is 1. The van der Waals surface area contributed by atoms with E-state index in [1.54, 1.807) is 11.3 Å². The van der Waals surface area contributed by atoms with Crippen LogP contribution in [0.5, 0.6) is 0 Å². The maximum atomic E-state index is 3.47. The fourth-order valence-corrected chi connectivity index (χ4v) is 2.45. The molecule has 0 radical (unpaired) electrons. The number of halogens is 1. The lowest BCUT2D eigenvalue weighted by molar-refractivity contribution is 1.47. The van der Waals surface area contributed by atoms with Crippen molar-refractivity contribution in [3.05, 3.63) is 45.1 Å².